The minimum atomic E-state index is -0.291. The Morgan fingerprint density at radius 1 is 1.11 bits per heavy atom. The van der Waals surface area contributed by atoms with E-state index < -0.39 is 0 Å². The predicted octanol–water partition coefficient (Wildman–Crippen LogP) is 2.03. The number of anilines is 2. The molecule has 2 heterocycles. The molecular weight excluding hydrogens is 346 g/mol. The SMILES string of the molecule is CCOC(=O)N1CCN(c2cc(C(=O)N(C)c3ccccc3)ncn2)CC1. The number of hydrogen-bond acceptors (Lipinski definition) is 6. The molecular formula is C19H23N5O3. The van der Waals surface area contributed by atoms with Gasteiger partial charge < -0.3 is 19.4 Å². The van der Waals surface area contributed by atoms with Crippen molar-refractivity contribution in [1.29, 1.82) is 0 Å². The molecule has 8 nitrogen and oxygen atoms in total. The second kappa shape index (κ2) is 8.48. The highest BCUT2D eigenvalue weighted by atomic mass is 16.6. The van der Waals surface area contributed by atoms with E-state index in [-0.39, 0.29) is 12.0 Å². The first-order chi connectivity index (χ1) is 13.1. The van der Waals surface area contributed by atoms with E-state index in [9.17, 15) is 9.59 Å². The first kappa shape index (κ1) is 18.6. The summed E-state index contributed by atoms with van der Waals surface area (Å²) in [5.74, 6) is 0.480. The van der Waals surface area contributed by atoms with E-state index in [0.29, 0.717) is 44.3 Å². The summed E-state index contributed by atoms with van der Waals surface area (Å²) in [5, 5.41) is 0. The number of piperazine rings is 1. The number of aromatic nitrogens is 2. The van der Waals surface area contributed by atoms with E-state index in [0.717, 1.165) is 5.69 Å². The van der Waals surface area contributed by atoms with Crippen LogP contribution in [0.3, 0.4) is 0 Å². The average molecular weight is 369 g/mol. The van der Waals surface area contributed by atoms with E-state index in [1.807, 2.05) is 35.2 Å². The standard InChI is InChI=1S/C19H23N5O3/c1-3-27-19(26)24-11-9-23(10-12-24)17-13-16(20-14-21-17)18(25)22(2)15-7-5-4-6-8-15/h4-8,13-14H,3,9-12H2,1-2H3. The summed E-state index contributed by atoms with van der Waals surface area (Å²) in [6.45, 7) is 4.51. The Kier molecular flexibility index (Phi) is 5.85. The maximum Gasteiger partial charge on any atom is 0.409 e. The number of amides is 2. The van der Waals surface area contributed by atoms with Crippen molar-refractivity contribution < 1.29 is 14.3 Å². The zero-order chi connectivity index (χ0) is 19.2. The van der Waals surface area contributed by atoms with Gasteiger partial charge in [-0.3, -0.25) is 4.79 Å². The van der Waals surface area contributed by atoms with Crippen molar-refractivity contribution in [3.63, 3.8) is 0 Å². The smallest absolute Gasteiger partial charge is 0.409 e. The monoisotopic (exact) mass is 369 g/mol. The number of carbonyl (C=O) groups is 2. The molecule has 1 fully saturated rings. The summed E-state index contributed by atoms with van der Waals surface area (Å²) < 4.78 is 5.03. The molecule has 0 radical (unpaired) electrons. The molecule has 1 saturated heterocycles. The molecule has 0 spiro atoms. The second-order valence-electron chi connectivity index (χ2n) is 6.13. The third-order valence-corrected chi connectivity index (χ3v) is 4.45. The van der Waals surface area contributed by atoms with E-state index in [1.165, 1.54) is 6.33 Å². The van der Waals surface area contributed by atoms with Crippen LogP contribution in [0.4, 0.5) is 16.3 Å². The van der Waals surface area contributed by atoms with Crippen LogP contribution in [-0.4, -0.2) is 66.7 Å². The zero-order valence-electron chi connectivity index (χ0n) is 15.5. The van der Waals surface area contributed by atoms with Crippen molar-refractivity contribution in [2.75, 3.05) is 49.6 Å². The molecule has 0 unspecified atom stereocenters. The second-order valence-corrected chi connectivity index (χ2v) is 6.13. The topological polar surface area (TPSA) is 78.9 Å². The van der Waals surface area contributed by atoms with Crippen LogP contribution in [0.25, 0.3) is 0 Å². The molecule has 27 heavy (non-hydrogen) atoms. The molecule has 8 heteroatoms. The number of hydrogen-bond donors (Lipinski definition) is 0. The van der Waals surface area contributed by atoms with Crippen molar-refractivity contribution in [1.82, 2.24) is 14.9 Å². The first-order valence-corrected chi connectivity index (χ1v) is 8.92. The summed E-state index contributed by atoms with van der Waals surface area (Å²) in [4.78, 5) is 38.2. The minimum absolute atomic E-state index is 0.199. The highest BCUT2D eigenvalue weighted by molar-refractivity contribution is 6.04. The van der Waals surface area contributed by atoms with Gasteiger partial charge in [-0.2, -0.15) is 0 Å². The highest BCUT2D eigenvalue weighted by Crippen LogP contribution is 2.18. The maximum atomic E-state index is 12.7. The van der Waals surface area contributed by atoms with Crippen LogP contribution in [0.15, 0.2) is 42.7 Å². The lowest BCUT2D eigenvalue weighted by molar-refractivity contribution is 0.0987. The maximum absolute atomic E-state index is 12.7. The average Bonchev–Trinajstić information content (AvgIpc) is 2.73. The van der Waals surface area contributed by atoms with Crippen molar-refractivity contribution in [2.24, 2.45) is 0 Å². The molecule has 1 aliphatic heterocycles. The fourth-order valence-corrected chi connectivity index (χ4v) is 2.91. The Morgan fingerprint density at radius 3 is 2.48 bits per heavy atom. The Bertz CT molecular complexity index is 791. The molecule has 1 aromatic heterocycles. The van der Waals surface area contributed by atoms with Crippen molar-refractivity contribution in [3.8, 4) is 0 Å². The number of ether oxygens (including phenoxy) is 1. The van der Waals surface area contributed by atoms with Gasteiger partial charge in [-0.1, -0.05) is 18.2 Å². The molecule has 0 atom stereocenters. The molecule has 142 valence electrons. The van der Waals surface area contributed by atoms with E-state index in [4.69, 9.17) is 4.74 Å². The predicted molar refractivity (Wildman–Crippen MR) is 102 cm³/mol. The van der Waals surface area contributed by atoms with Crippen molar-refractivity contribution in [3.05, 3.63) is 48.4 Å². The summed E-state index contributed by atoms with van der Waals surface area (Å²) in [5.41, 5.74) is 1.13. The fourth-order valence-electron chi connectivity index (χ4n) is 2.91. The number of rotatable bonds is 4. The van der Waals surface area contributed by atoms with Crippen LogP contribution in [0.5, 0.6) is 0 Å². The lowest BCUT2D eigenvalue weighted by Crippen LogP contribution is -2.49. The fraction of sp³-hybridized carbons (Fsp3) is 0.368. The molecule has 2 amide bonds. The Balaban J connectivity index is 1.67. The molecule has 1 aliphatic rings. The molecule has 1 aromatic carbocycles. The Hall–Kier alpha value is -3.16. The van der Waals surface area contributed by atoms with Crippen LogP contribution in [0.2, 0.25) is 0 Å². The molecule has 0 bridgehead atoms. The Labute approximate surface area is 158 Å². The van der Waals surface area contributed by atoms with E-state index in [2.05, 4.69) is 9.97 Å². The van der Waals surface area contributed by atoms with Crippen LogP contribution < -0.4 is 9.80 Å². The van der Waals surface area contributed by atoms with Crippen molar-refractivity contribution >= 4 is 23.5 Å². The third kappa shape index (κ3) is 4.33. The van der Waals surface area contributed by atoms with Gasteiger partial charge in [0.1, 0.15) is 17.8 Å². The van der Waals surface area contributed by atoms with Gasteiger partial charge >= 0.3 is 6.09 Å². The normalized spacial score (nSPS) is 14.0. The van der Waals surface area contributed by atoms with Crippen LogP contribution >= 0.6 is 0 Å². The molecule has 3 rings (SSSR count). The number of para-hydroxylation sites is 1. The van der Waals surface area contributed by atoms with E-state index in [1.54, 1.807) is 29.8 Å². The summed E-state index contributed by atoms with van der Waals surface area (Å²) >= 11 is 0. The molecule has 2 aromatic rings. The van der Waals surface area contributed by atoms with Gasteiger partial charge in [-0.15, -0.1) is 0 Å². The number of nitrogens with zero attached hydrogens (tertiary/aromatic N) is 5. The highest BCUT2D eigenvalue weighted by Gasteiger charge is 2.24. The van der Waals surface area contributed by atoms with Gasteiger partial charge in [-0.25, -0.2) is 14.8 Å². The minimum Gasteiger partial charge on any atom is -0.450 e. The molecule has 0 aliphatic carbocycles. The quantitative estimate of drug-likeness (QED) is 0.821. The van der Waals surface area contributed by atoms with Gasteiger partial charge in [0.2, 0.25) is 0 Å². The van der Waals surface area contributed by atoms with Gasteiger partial charge in [-0.05, 0) is 19.1 Å². The van der Waals surface area contributed by atoms with Crippen LogP contribution in [0, 0.1) is 0 Å². The summed E-state index contributed by atoms with van der Waals surface area (Å²) in [6.07, 6.45) is 1.11. The largest absolute Gasteiger partial charge is 0.450 e. The number of carbonyl (C=O) groups excluding carboxylic acids is 2. The Morgan fingerprint density at radius 2 is 1.81 bits per heavy atom. The van der Waals surface area contributed by atoms with E-state index >= 15 is 0 Å². The van der Waals surface area contributed by atoms with Crippen LogP contribution in [0.1, 0.15) is 17.4 Å². The van der Waals surface area contributed by atoms with Gasteiger partial charge in [0.15, 0.2) is 0 Å². The summed E-state index contributed by atoms with van der Waals surface area (Å²) in [7, 11) is 1.72. The molecule has 0 N–H and O–H groups in total. The molecule has 0 saturated carbocycles. The summed E-state index contributed by atoms with van der Waals surface area (Å²) in [6, 6.07) is 11.1. The van der Waals surface area contributed by atoms with Gasteiger partial charge in [0, 0.05) is 45.0 Å². The van der Waals surface area contributed by atoms with Crippen molar-refractivity contribution in [2.45, 2.75) is 6.92 Å². The zero-order valence-corrected chi connectivity index (χ0v) is 15.5. The number of benzene rings is 1. The van der Waals surface area contributed by atoms with Crippen LogP contribution in [-0.2, 0) is 4.74 Å². The van der Waals surface area contributed by atoms with Gasteiger partial charge in [0.25, 0.3) is 5.91 Å². The lowest BCUT2D eigenvalue weighted by atomic mass is 10.2. The lowest BCUT2D eigenvalue weighted by Gasteiger charge is -2.34. The third-order valence-electron chi connectivity index (χ3n) is 4.45. The van der Waals surface area contributed by atoms with Gasteiger partial charge in [0.05, 0.1) is 6.61 Å². The first-order valence-electron chi connectivity index (χ1n) is 8.92.